The van der Waals surface area contributed by atoms with Gasteiger partial charge in [-0.05, 0) is 23.8 Å². The molecule has 1 aromatic heterocycles. The summed E-state index contributed by atoms with van der Waals surface area (Å²) in [5, 5.41) is 3.10. The number of nitrogens with zero attached hydrogens (tertiary/aromatic N) is 2. The molecule has 1 aliphatic heterocycles. The Balaban J connectivity index is 1.40. The molecule has 0 bridgehead atoms. The van der Waals surface area contributed by atoms with Crippen LogP contribution >= 0.6 is 23.5 Å². The molecule has 0 spiro atoms. The standard InChI is InChI=1S/C23H21N3O2S2/c1-26(19-11-5-9-17(13-19)21(27)16-7-3-2-4-8-16)23(28)25-20-15-29-22(30-20)18-10-6-12-24-14-18/h2-14,20,22H,15H2,1H3,(H,25,28). The first kappa shape index (κ1) is 20.5. The molecule has 2 heterocycles. The zero-order chi connectivity index (χ0) is 20.9. The zero-order valence-corrected chi connectivity index (χ0v) is 18.0. The summed E-state index contributed by atoms with van der Waals surface area (Å²) in [5.74, 6) is 0.768. The fourth-order valence-corrected chi connectivity index (χ4v) is 6.16. The van der Waals surface area contributed by atoms with Crippen molar-refractivity contribution in [3.63, 3.8) is 0 Å². The van der Waals surface area contributed by atoms with Crippen molar-refractivity contribution in [1.82, 2.24) is 10.3 Å². The highest BCUT2D eigenvalue weighted by atomic mass is 32.2. The van der Waals surface area contributed by atoms with Crippen LogP contribution in [0.25, 0.3) is 0 Å². The highest BCUT2D eigenvalue weighted by Gasteiger charge is 2.29. The average Bonchev–Trinajstić information content (AvgIpc) is 3.28. The van der Waals surface area contributed by atoms with Crippen molar-refractivity contribution in [1.29, 1.82) is 0 Å². The molecule has 1 N–H and O–H groups in total. The highest BCUT2D eigenvalue weighted by molar-refractivity contribution is 8.19. The van der Waals surface area contributed by atoms with E-state index in [9.17, 15) is 9.59 Å². The molecule has 0 radical (unpaired) electrons. The van der Waals surface area contributed by atoms with Crippen molar-refractivity contribution in [2.45, 2.75) is 9.96 Å². The number of hydrogen-bond donors (Lipinski definition) is 1. The van der Waals surface area contributed by atoms with Gasteiger partial charge in [0.05, 0.1) is 9.96 Å². The van der Waals surface area contributed by atoms with Gasteiger partial charge >= 0.3 is 6.03 Å². The van der Waals surface area contributed by atoms with Gasteiger partial charge < -0.3 is 5.32 Å². The van der Waals surface area contributed by atoms with Gasteiger partial charge in [-0.2, -0.15) is 0 Å². The van der Waals surface area contributed by atoms with E-state index in [1.807, 2.05) is 36.5 Å². The summed E-state index contributed by atoms with van der Waals surface area (Å²) < 4.78 is 0.265. The highest BCUT2D eigenvalue weighted by Crippen LogP contribution is 2.48. The van der Waals surface area contributed by atoms with Gasteiger partial charge in [0.15, 0.2) is 5.78 Å². The fraction of sp³-hybridized carbons (Fsp3) is 0.174. The summed E-state index contributed by atoms with van der Waals surface area (Å²) in [4.78, 5) is 31.2. The zero-order valence-electron chi connectivity index (χ0n) is 16.4. The largest absolute Gasteiger partial charge is 0.325 e. The minimum atomic E-state index is -0.191. The van der Waals surface area contributed by atoms with E-state index in [1.165, 1.54) is 0 Å². The molecular formula is C23H21N3O2S2. The lowest BCUT2D eigenvalue weighted by Gasteiger charge is -2.21. The number of ketones is 1. The molecule has 1 saturated heterocycles. The molecule has 2 aromatic carbocycles. The van der Waals surface area contributed by atoms with Crippen molar-refractivity contribution in [2.24, 2.45) is 0 Å². The van der Waals surface area contributed by atoms with Crippen molar-refractivity contribution >= 4 is 41.0 Å². The summed E-state index contributed by atoms with van der Waals surface area (Å²) in [6.07, 6.45) is 3.63. The van der Waals surface area contributed by atoms with Crippen molar-refractivity contribution in [2.75, 3.05) is 17.7 Å². The molecule has 30 heavy (non-hydrogen) atoms. The van der Waals surface area contributed by atoms with Crippen LogP contribution in [0.5, 0.6) is 0 Å². The second-order valence-electron chi connectivity index (χ2n) is 6.83. The lowest BCUT2D eigenvalue weighted by molar-refractivity contribution is 0.103. The van der Waals surface area contributed by atoms with Gasteiger partial charge in [-0.25, -0.2) is 4.79 Å². The summed E-state index contributed by atoms with van der Waals surface area (Å²) in [7, 11) is 1.72. The van der Waals surface area contributed by atoms with Gasteiger partial charge in [0.2, 0.25) is 0 Å². The van der Waals surface area contributed by atoms with Crippen LogP contribution in [-0.2, 0) is 0 Å². The monoisotopic (exact) mass is 435 g/mol. The minimum Gasteiger partial charge on any atom is -0.325 e. The topological polar surface area (TPSA) is 62.3 Å². The SMILES string of the molecule is CN(C(=O)NC1CSC(c2cccnc2)S1)c1cccc(C(=O)c2ccccc2)c1. The number of carbonyl (C=O) groups is 2. The van der Waals surface area contributed by atoms with E-state index < -0.39 is 0 Å². The summed E-state index contributed by atoms with van der Waals surface area (Å²) >= 11 is 3.52. The predicted molar refractivity (Wildman–Crippen MR) is 124 cm³/mol. The smallest absolute Gasteiger partial charge is 0.322 e. The number of rotatable bonds is 5. The number of anilines is 1. The molecule has 2 unspecified atom stereocenters. The van der Waals surface area contributed by atoms with Crippen LogP contribution in [0.4, 0.5) is 10.5 Å². The van der Waals surface area contributed by atoms with E-state index in [2.05, 4.69) is 16.4 Å². The van der Waals surface area contributed by atoms with E-state index in [-0.39, 0.29) is 21.8 Å². The van der Waals surface area contributed by atoms with E-state index in [0.717, 1.165) is 11.3 Å². The minimum absolute atomic E-state index is 0.0179. The molecule has 2 atom stereocenters. The van der Waals surface area contributed by atoms with Gasteiger partial charge in [0, 0.05) is 42.0 Å². The second-order valence-corrected chi connectivity index (χ2v) is 9.58. The number of thioether (sulfide) groups is 2. The van der Waals surface area contributed by atoms with Crippen LogP contribution in [0.3, 0.4) is 0 Å². The molecule has 152 valence electrons. The first-order valence-electron chi connectivity index (χ1n) is 9.53. The average molecular weight is 436 g/mol. The van der Waals surface area contributed by atoms with Crippen LogP contribution in [-0.4, -0.2) is 35.0 Å². The quantitative estimate of drug-likeness (QED) is 0.574. The Morgan fingerprint density at radius 2 is 1.83 bits per heavy atom. The molecule has 7 heteroatoms. The van der Waals surface area contributed by atoms with Gasteiger partial charge in [-0.3, -0.25) is 14.7 Å². The number of carbonyl (C=O) groups excluding carboxylic acids is 2. The van der Waals surface area contributed by atoms with Gasteiger partial charge in [0.1, 0.15) is 0 Å². The second kappa shape index (κ2) is 9.36. The van der Waals surface area contributed by atoms with E-state index in [1.54, 1.807) is 72.0 Å². The van der Waals surface area contributed by atoms with Crippen molar-refractivity contribution < 1.29 is 9.59 Å². The van der Waals surface area contributed by atoms with Gasteiger partial charge in [-0.15, -0.1) is 23.5 Å². The van der Waals surface area contributed by atoms with Gasteiger partial charge in [-0.1, -0.05) is 48.5 Å². The molecule has 0 aliphatic carbocycles. The normalized spacial score (nSPS) is 18.0. The van der Waals surface area contributed by atoms with Crippen LogP contribution < -0.4 is 10.2 Å². The number of amides is 2. The third-order valence-corrected chi connectivity index (χ3v) is 7.95. The molecule has 2 amide bonds. The maximum absolute atomic E-state index is 12.8. The molecule has 1 aliphatic rings. The maximum Gasteiger partial charge on any atom is 0.322 e. The number of urea groups is 1. The number of hydrogen-bond acceptors (Lipinski definition) is 5. The van der Waals surface area contributed by atoms with E-state index in [0.29, 0.717) is 16.8 Å². The Labute approximate surface area is 184 Å². The number of aromatic nitrogens is 1. The lowest BCUT2D eigenvalue weighted by atomic mass is 10.0. The summed E-state index contributed by atoms with van der Waals surface area (Å²) in [6, 6.07) is 20.1. The van der Waals surface area contributed by atoms with Crippen LogP contribution in [0.1, 0.15) is 26.1 Å². The first-order valence-corrected chi connectivity index (χ1v) is 11.5. The van der Waals surface area contributed by atoms with E-state index >= 15 is 0 Å². The Morgan fingerprint density at radius 3 is 2.60 bits per heavy atom. The predicted octanol–water partition coefficient (Wildman–Crippen LogP) is 4.96. The first-order chi connectivity index (χ1) is 14.6. The molecule has 4 rings (SSSR count). The Kier molecular flexibility index (Phi) is 6.40. The Morgan fingerprint density at radius 1 is 1.03 bits per heavy atom. The van der Waals surface area contributed by atoms with Crippen LogP contribution in [0.2, 0.25) is 0 Å². The van der Waals surface area contributed by atoms with Crippen molar-refractivity contribution in [3.8, 4) is 0 Å². The van der Waals surface area contributed by atoms with Crippen LogP contribution in [0.15, 0.2) is 79.1 Å². The molecule has 5 nitrogen and oxygen atoms in total. The Bertz CT molecular complexity index is 1030. The lowest BCUT2D eigenvalue weighted by Crippen LogP contribution is -2.42. The molecule has 3 aromatic rings. The number of benzene rings is 2. The van der Waals surface area contributed by atoms with Crippen LogP contribution in [0, 0.1) is 0 Å². The van der Waals surface area contributed by atoms with E-state index in [4.69, 9.17) is 0 Å². The summed E-state index contributed by atoms with van der Waals surface area (Å²) in [6.45, 7) is 0. The Hall–Kier alpha value is -2.77. The molecular weight excluding hydrogens is 414 g/mol. The third kappa shape index (κ3) is 4.68. The maximum atomic E-state index is 12.8. The summed E-state index contributed by atoms with van der Waals surface area (Å²) in [5.41, 5.74) is 3.02. The fourth-order valence-electron chi connectivity index (χ4n) is 3.13. The number of pyridine rings is 1. The molecule has 0 saturated carbocycles. The number of nitrogens with one attached hydrogen (secondary N) is 1. The molecule has 1 fully saturated rings. The van der Waals surface area contributed by atoms with Crippen molar-refractivity contribution in [3.05, 3.63) is 95.8 Å². The third-order valence-electron chi connectivity index (χ3n) is 4.76. The van der Waals surface area contributed by atoms with Gasteiger partial charge in [0.25, 0.3) is 0 Å².